The van der Waals surface area contributed by atoms with Crippen LogP contribution in [0.3, 0.4) is 0 Å². The highest BCUT2D eigenvalue weighted by molar-refractivity contribution is 5.93. The Labute approximate surface area is 89.0 Å². The Balaban J connectivity index is 2.73. The van der Waals surface area contributed by atoms with Gasteiger partial charge in [0.15, 0.2) is 0 Å². The number of phenolic OH excluding ortho intramolecular Hbond substituents is 1. The lowest BCUT2D eigenvalue weighted by Gasteiger charge is -2.04. The van der Waals surface area contributed by atoms with Gasteiger partial charge in [-0.3, -0.25) is 0 Å². The summed E-state index contributed by atoms with van der Waals surface area (Å²) in [7, 11) is 0. The molecule has 0 unspecified atom stereocenters. The van der Waals surface area contributed by atoms with Crippen LogP contribution in [0.2, 0.25) is 0 Å². The lowest BCUT2D eigenvalue weighted by atomic mass is 10.0. The number of fused-ring (bicyclic) bond motifs is 1. The van der Waals surface area contributed by atoms with E-state index in [4.69, 9.17) is 0 Å². The van der Waals surface area contributed by atoms with Gasteiger partial charge in [-0.25, -0.2) is 0 Å². The summed E-state index contributed by atoms with van der Waals surface area (Å²) in [6.45, 7) is 3.62. The minimum absolute atomic E-state index is 0.298. The van der Waals surface area contributed by atoms with Crippen LogP contribution in [0, 0.1) is 0 Å². The Hall–Kier alpha value is -2.02. The maximum absolute atomic E-state index is 9.75. The second-order valence-electron chi connectivity index (χ2n) is 3.31. The summed E-state index contributed by atoms with van der Waals surface area (Å²) in [5.74, 6) is 0.298. The Bertz CT molecular complexity index is 524. The van der Waals surface area contributed by atoms with Crippen LogP contribution in [0.5, 0.6) is 5.75 Å². The predicted octanol–water partition coefficient (Wildman–Crippen LogP) is 3.74. The summed E-state index contributed by atoms with van der Waals surface area (Å²) in [5.41, 5.74) is 0.841. The minimum atomic E-state index is 0.298. The molecule has 0 radical (unpaired) electrons. The van der Waals surface area contributed by atoms with E-state index in [-0.39, 0.29) is 0 Å². The van der Waals surface area contributed by atoms with Crippen molar-refractivity contribution >= 4 is 16.8 Å². The van der Waals surface area contributed by atoms with Crippen LogP contribution in [0.25, 0.3) is 16.8 Å². The number of phenols is 1. The molecule has 0 spiro atoms. The molecule has 0 amide bonds. The highest BCUT2D eigenvalue weighted by Gasteiger charge is 2.02. The molecule has 0 aliphatic carbocycles. The second kappa shape index (κ2) is 4.01. The number of aromatic hydroxyl groups is 1. The number of hydrogen-bond donors (Lipinski definition) is 1. The van der Waals surface area contributed by atoms with Crippen molar-refractivity contribution in [1.29, 1.82) is 0 Å². The molecule has 15 heavy (non-hydrogen) atoms. The van der Waals surface area contributed by atoms with E-state index in [0.29, 0.717) is 5.75 Å². The Morgan fingerprint density at radius 1 is 1.07 bits per heavy atom. The summed E-state index contributed by atoms with van der Waals surface area (Å²) in [4.78, 5) is 0. The molecule has 2 aromatic rings. The Kier molecular flexibility index (Phi) is 2.55. The van der Waals surface area contributed by atoms with Crippen molar-refractivity contribution in [3.63, 3.8) is 0 Å². The van der Waals surface area contributed by atoms with E-state index < -0.39 is 0 Å². The molecule has 0 heterocycles. The number of hydrogen-bond acceptors (Lipinski definition) is 1. The number of benzene rings is 2. The third kappa shape index (κ3) is 1.77. The summed E-state index contributed by atoms with van der Waals surface area (Å²) in [6, 6.07) is 11.6. The Morgan fingerprint density at radius 3 is 2.67 bits per heavy atom. The fourth-order valence-corrected chi connectivity index (χ4v) is 1.62. The summed E-state index contributed by atoms with van der Waals surface area (Å²) in [5, 5.41) is 11.9. The van der Waals surface area contributed by atoms with Gasteiger partial charge in [-0.15, -0.1) is 0 Å². The van der Waals surface area contributed by atoms with Gasteiger partial charge < -0.3 is 5.11 Å². The zero-order chi connectivity index (χ0) is 10.7. The van der Waals surface area contributed by atoms with Gasteiger partial charge in [0.05, 0.1) is 0 Å². The molecule has 0 fully saturated rings. The molecule has 0 saturated heterocycles. The lowest BCUT2D eigenvalue weighted by Crippen LogP contribution is -1.79. The van der Waals surface area contributed by atoms with E-state index in [1.54, 1.807) is 12.1 Å². The second-order valence-corrected chi connectivity index (χ2v) is 3.31. The van der Waals surface area contributed by atoms with E-state index >= 15 is 0 Å². The molecule has 1 nitrogen and oxygen atoms in total. The highest BCUT2D eigenvalue weighted by atomic mass is 16.3. The van der Waals surface area contributed by atoms with Crippen molar-refractivity contribution in [2.75, 3.05) is 0 Å². The largest absolute Gasteiger partial charge is 0.507 e. The number of allylic oxidation sites excluding steroid dienone is 2. The highest BCUT2D eigenvalue weighted by Crippen LogP contribution is 2.28. The summed E-state index contributed by atoms with van der Waals surface area (Å²) >= 11 is 0. The quantitative estimate of drug-likeness (QED) is 0.725. The zero-order valence-electron chi connectivity index (χ0n) is 8.35. The van der Waals surface area contributed by atoms with Crippen molar-refractivity contribution in [2.45, 2.75) is 0 Å². The first-order valence-corrected chi connectivity index (χ1v) is 4.83. The molecular formula is C14H12O. The fraction of sp³-hybridized carbons (Fsp3) is 0. The zero-order valence-corrected chi connectivity index (χ0v) is 8.35. The first-order chi connectivity index (χ1) is 7.33. The molecule has 0 aliphatic rings. The third-order valence-electron chi connectivity index (χ3n) is 2.35. The fourth-order valence-electron chi connectivity index (χ4n) is 1.62. The molecule has 2 aromatic carbocycles. The first kappa shape index (κ1) is 9.53. The van der Waals surface area contributed by atoms with Crippen molar-refractivity contribution in [2.24, 2.45) is 0 Å². The molecule has 0 saturated carbocycles. The lowest BCUT2D eigenvalue weighted by molar-refractivity contribution is 0.475. The predicted molar refractivity (Wildman–Crippen MR) is 64.8 cm³/mol. The van der Waals surface area contributed by atoms with Gasteiger partial charge in [-0.2, -0.15) is 0 Å². The Morgan fingerprint density at radius 2 is 1.87 bits per heavy atom. The van der Waals surface area contributed by atoms with Crippen molar-refractivity contribution < 1.29 is 5.11 Å². The van der Waals surface area contributed by atoms with Gasteiger partial charge in [0.1, 0.15) is 5.75 Å². The summed E-state index contributed by atoms with van der Waals surface area (Å²) in [6.07, 6.45) is 5.38. The molecule has 0 aromatic heterocycles. The molecular weight excluding hydrogens is 184 g/mol. The average molecular weight is 196 g/mol. The van der Waals surface area contributed by atoms with E-state index in [1.807, 2.05) is 42.5 Å². The smallest absolute Gasteiger partial charge is 0.123 e. The van der Waals surface area contributed by atoms with Crippen LogP contribution < -0.4 is 0 Å². The van der Waals surface area contributed by atoms with E-state index in [0.717, 1.165) is 16.3 Å². The van der Waals surface area contributed by atoms with Crippen LogP contribution in [0.15, 0.2) is 55.1 Å². The van der Waals surface area contributed by atoms with Gasteiger partial charge >= 0.3 is 0 Å². The standard InChI is InChI=1S/C14H12O/c1-2-3-7-13-12-8-5-4-6-11(12)9-10-14(13)15/h2-10,15H,1H2/b7-3-. The van der Waals surface area contributed by atoms with Crippen LogP contribution in [-0.4, -0.2) is 5.11 Å². The van der Waals surface area contributed by atoms with Crippen LogP contribution in [-0.2, 0) is 0 Å². The molecule has 0 aliphatic heterocycles. The van der Waals surface area contributed by atoms with Crippen molar-refractivity contribution in [3.05, 3.63) is 60.7 Å². The van der Waals surface area contributed by atoms with Gasteiger partial charge in [-0.05, 0) is 16.8 Å². The van der Waals surface area contributed by atoms with E-state index in [2.05, 4.69) is 6.58 Å². The summed E-state index contributed by atoms with van der Waals surface area (Å²) < 4.78 is 0. The molecule has 1 heteroatoms. The number of rotatable bonds is 2. The molecule has 0 atom stereocenters. The van der Waals surface area contributed by atoms with Crippen LogP contribution >= 0.6 is 0 Å². The molecule has 2 rings (SSSR count). The molecule has 1 N–H and O–H groups in total. The van der Waals surface area contributed by atoms with Gasteiger partial charge in [0.2, 0.25) is 0 Å². The van der Waals surface area contributed by atoms with Gasteiger partial charge in [0, 0.05) is 5.56 Å². The average Bonchev–Trinajstić information content (AvgIpc) is 2.28. The SMILES string of the molecule is C=C/C=C\c1c(O)ccc2ccccc12. The maximum Gasteiger partial charge on any atom is 0.123 e. The molecule has 0 bridgehead atoms. The van der Waals surface area contributed by atoms with E-state index in [9.17, 15) is 5.11 Å². The van der Waals surface area contributed by atoms with Gasteiger partial charge in [0.25, 0.3) is 0 Å². The van der Waals surface area contributed by atoms with E-state index in [1.165, 1.54) is 0 Å². The topological polar surface area (TPSA) is 20.2 Å². The monoisotopic (exact) mass is 196 g/mol. The third-order valence-corrected chi connectivity index (χ3v) is 2.35. The van der Waals surface area contributed by atoms with Crippen LogP contribution in [0.4, 0.5) is 0 Å². The van der Waals surface area contributed by atoms with Gasteiger partial charge in [-0.1, -0.05) is 55.1 Å². The first-order valence-electron chi connectivity index (χ1n) is 4.83. The van der Waals surface area contributed by atoms with Crippen molar-refractivity contribution in [3.8, 4) is 5.75 Å². The van der Waals surface area contributed by atoms with Crippen molar-refractivity contribution in [1.82, 2.24) is 0 Å². The normalized spacial score (nSPS) is 10.9. The molecule has 74 valence electrons. The minimum Gasteiger partial charge on any atom is -0.507 e. The maximum atomic E-state index is 9.75. The van der Waals surface area contributed by atoms with Crippen LogP contribution in [0.1, 0.15) is 5.56 Å².